The van der Waals surface area contributed by atoms with Gasteiger partial charge < -0.3 is 15.0 Å². The maximum absolute atomic E-state index is 12.8. The van der Waals surface area contributed by atoms with Crippen LogP contribution in [0.15, 0.2) is 12.5 Å². The van der Waals surface area contributed by atoms with Crippen molar-refractivity contribution in [2.45, 2.75) is 45.1 Å². The molecule has 29 heavy (non-hydrogen) atoms. The van der Waals surface area contributed by atoms with Crippen LogP contribution in [0.25, 0.3) is 0 Å². The fourth-order valence-corrected chi connectivity index (χ4v) is 4.63. The molecule has 1 fully saturated rings. The number of aromatic nitrogens is 4. The van der Waals surface area contributed by atoms with Crippen molar-refractivity contribution in [1.29, 1.82) is 0 Å². The van der Waals surface area contributed by atoms with Crippen LogP contribution in [0.2, 0.25) is 0 Å². The molecule has 8 heteroatoms. The molecule has 0 aromatic carbocycles. The third-order valence-corrected chi connectivity index (χ3v) is 6.32. The predicted molar refractivity (Wildman–Crippen MR) is 110 cm³/mol. The minimum Gasteiger partial charge on any atom is -0.383 e. The summed E-state index contributed by atoms with van der Waals surface area (Å²) in [4.78, 5) is 23.7. The summed E-state index contributed by atoms with van der Waals surface area (Å²) in [6.45, 7) is 3.87. The van der Waals surface area contributed by atoms with Crippen molar-refractivity contribution in [3.05, 3.63) is 35.0 Å². The van der Waals surface area contributed by atoms with Crippen molar-refractivity contribution in [2.24, 2.45) is 13.0 Å². The maximum atomic E-state index is 12.8. The topological polar surface area (TPSA) is 85.2 Å². The second kappa shape index (κ2) is 8.49. The average molecular weight is 399 g/mol. The van der Waals surface area contributed by atoms with E-state index in [0.29, 0.717) is 26.1 Å². The number of carbonyl (C=O) groups is 1. The second-order valence-corrected chi connectivity index (χ2v) is 8.03. The number of aryl methyl sites for hydroxylation is 2. The molecular weight excluding hydrogens is 368 g/mol. The highest BCUT2D eigenvalue weighted by molar-refractivity contribution is 5.80. The normalized spacial score (nSPS) is 21.5. The number of carbonyl (C=O) groups excluding carboxylic acids is 1. The highest BCUT2D eigenvalue weighted by Crippen LogP contribution is 2.39. The quantitative estimate of drug-likeness (QED) is 0.768. The van der Waals surface area contributed by atoms with E-state index in [2.05, 4.69) is 27.3 Å². The number of anilines is 1. The maximum Gasteiger partial charge on any atom is 0.223 e. The van der Waals surface area contributed by atoms with Crippen molar-refractivity contribution >= 4 is 11.7 Å². The van der Waals surface area contributed by atoms with Gasteiger partial charge in [-0.2, -0.15) is 5.10 Å². The van der Waals surface area contributed by atoms with Gasteiger partial charge in [0, 0.05) is 62.1 Å². The van der Waals surface area contributed by atoms with E-state index in [1.807, 2.05) is 22.8 Å². The third kappa shape index (κ3) is 3.85. The SMILES string of the molecule is COCCN1C(=O)C[C@@H](CNc2ncnc3c2CCCC3)[C@@H]1c1cnn(C)c1C. The molecule has 2 aliphatic rings. The molecule has 0 bridgehead atoms. The van der Waals surface area contributed by atoms with Gasteiger partial charge in [0.05, 0.1) is 18.8 Å². The van der Waals surface area contributed by atoms with Gasteiger partial charge in [-0.05, 0) is 32.6 Å². The van der Waals surface area contributed by atoms with Gasteiger partial charge >= 0.3 is 0 Å². The number of ether oxygens (including phenoxy) is 1. The van der Waals surface area contributed by atoms with Gasteiger partial charge in [0.1, 0.15) is 12.1 Å². The summed E-state index contributed by atoms with van der Waals surface area (Å²) in [6.07, 6.45) is 8.49. The molecule has 8 nitrogen and oxygen atoms in total. The number of hydrogen-bond acceptors (Lipinski definition) is 6. The van der Waals surface area contributed by atoms with Crippen LogP contribution in [0.3, 0.4) is 0 Å². The van der Waals surface area contributed by atoms with Gasteiger partial charge in [0.25, 0.3) is 0 Å². The molecular formula is C21H30N6O2. The van der Waals surface area contributed by atoms with Crippen LogP contribution < -0.4 is 5.32 Å². The fourth-order valence-electron chi connectivity index (χ4n) is 4.63. The first kappa shape index (κ1) is 19.8. The molecule has 1 aliphatic carbocycles. The number of nitrogens with zero attached hydrogens (tertiary/aromatic N) is 5. The summed E-state index contributed by atoms with van der Waals surface area (Å²) in [5.74, 6) is 1.25. The van der Waals surface area contributed by atoms with E-state index in [1.54, 1.807) is 13.4 Å². The average Bonchev–Trinajstić information content (AvgIpc) is 3.23. The molecule has 0 spiro atoms. The summed E-state index contributed by atoms with van der Waals surface area (Å²) in [6, 6.07) is -0.00323. The molecule has 2 aromatic rings. The molecule has 1 aliphatic heterocycles. The van der Waals surface area contributed by atoms with Crippen molar-refractivity contribution in [2.75, 3.05) is 32.1 Å². The Hall–Kier alpha value is -2.48. The molecule has 156 valence electrons. The molecule has 4 rings (SSSR count). The van der Waals surface area contributed by atoms with Crippen LogP contribution in [-0.2, 0) is 29.4 Å². The first-order chi connectivity index (χ1) is 14.1. The van der Waals surface area contributed by atoms with Gasteiger partial charge in [-0.15, -0.1) is 0 Å². The van der Waals surface area contributed by atoms with Crippen LogP contribution in [0.1, 0.15) is 47.8 Å². The number of methoxy groups -OCH3 is 1. The second-order valence-electron chi connectivity index (χ2n) is 8.03. The lowest BCUT2D eigenvalue weighted by Crippen LogP contribution is -2.33. The number of likely N-dealkylation sites (tertiary alicyclic amines) is 1. The number of amides is 1. The smallest absolute Gasteiger partial charge is 0.223 e. The first-order valence-electron chi connectivity index (χ1n) is 10.4. The van der Waals surface area contributed by atoms with Crippen LogP contribution >= 0.6 is 0 Å². The summed E-state index contributed by atoms with van der Waals surface area (Å²) >= 11 is 0. The number of hydrogen-bond donors (Lipinski definition) is 1. The van der Waals surface area contributed by atoms with E-state index in [-0.39, 0.29) is 17.9 Å². The fraction of sp³-hybridized carbons (Fsp3) is 0.619. The molecule has 1 N–H and O–H groups in total. The third-order valence-electron chi connectivity index (χ3n) is 6.32. The van der Waals surface area contributed by atoms with E-state index < -0.39 is 0 Å². The van der Waals surface area contributed by atoms with Gasteiger partial charge in [0.2, 0.25) is 5.91 Å². The Labute approximate surface area is 171 Å². The Morgan fingerprint density at radius 2 is 2.10 bits per heavy atom. The Morgan fingerprint density at radius 3 is 2.86 bits per heavy atom. The minimum absolute atomic E-state index is 0.00323. The molecule has 2 aromatic heterocycles. The van der Waals surface area contributed by atoms with E-state index in [0.717, 1.165) is 35.6 Å². The van der Waals surface area contributed by atoms with Crippen molar-refractivity contribution < 1.29 is 9.53 Å². The Bertz CT molecular complexity index is 880. The first-order valence-corrected chi connectivity index (χ1v) is 10.4. The summed E-state index contributed by atoms with van der Waals surface area (Å²) in [5, 5.41) is 7.97. The summed E-state index contributed by atoms with van der Waals surface area (Å²) < 4.78 is 7.12. The monoisotopic (exact) mass is 398 g/mol. The van der Waals surface area contributed by atoms with Crippen LogP contribution in [0.5, 0.6) is 0 Å². The van der Waals surface area contributed by atoms with Gasteiger partial charge in [-0.25, -0.2) is 9.97 Å². The van der Waals surface area contributed by atoms with Crippen LogP contribution in [0.4, 0.5) is 5.82 Å². The molecule has 0 saturated carbocycles. The molecule has 1 saturated heterocycles. The van der Waals surface area contributed by atoms with E-state index >= 15 is 0 Å². The lowest BCUT2D eigenvalue weighted by atomic mass is 9.93. The highest BCUT2D eigenvalue weighted by Gasteiger charge is 2.41. The van der Waals surface area contributed by atoms with Gasteiger partial charge in [0.15, 0.2) is 0 Å². The van der Waals surface area contributed by atoms with E-state index in [9.17, 15) is 4.79 Å². The zero-order chi connectivity index (χ0) is 20.4. The van der Waals surface area contributed by atoms with E-state index in [4.69, 9.17) is 4.74 Å². The molecule has 2 atom stereocenters. The van der Waals surface area contributed by atoms with E-state index in [1.165, 1.54) is 18.4 Å². The molecule has 0 unspecified atom stereocenters. The van der Waals surface area contributed by atoms with Gasteiger partial charge in [-0.3, -0.25) is 9.48 Å². The predicted octanol–water partition coefficient (Wildman–Crippen LogP) is 2.05. The Morgan fingerprint density at radius 1 is 1.28 bits per heavy atom. The number of fused-ring (bicyclic) bond motifs is 1. The zero-order valence-corrected chi connectivity index (χ0v) is 17.5. The Kier molecular flexibility index (Phi) is 5.80. The van der Waals surface area contributed by atoms with Crippen LogP contribution in [0, 0.1) is 12.8 Å². The lowest BCUT2D eigenvalue weighted by Gasteiger charge is -2.29. The molecule has 3 heterocycles. The summed E-state index contributed by atoms with van der Waals surface area (Å²) in [5.41, 5.74) is 4.62. The molecule has 0 radical (unpaired) electrons. The molecule has 1 amide bonds. The highest BCUT2D eigenvalue weighted by atomic mass is 16.5. The zero-order valence-electron chi connectivity index (χ0n) is 17.5. The number of rotatable bonds is 7. The van der Waals surface area contributed by atoms with Crippen molar-refractivity contribution in [3.8, 4) is 0 Å². The number of nitrogens with one attached hydrogen (secondary N) is 1. The minimum atomic E-state index is -0.00323. The largest absolute Gasteiger partial charge is 0.383 e. The van der Waals surface area contributed by atoms with Gasteiger partial charge in [-0.1, -0.05) is 0 Å². The standard InChI is InChI=1S/C21H30N6O2/c1-14-17(12-25-26(14)2)20-15(10-19(28)27(20)8-9-29-3)11-22-21-16-6-4-5-7-18(16)23-13-24-21/h12-13,15,20H,4-11H2,1-3H3,(H,22,23,24)/t15-,20+/m0/s1. The lowest BCUT2D eigenvalue weighted by molar-refractivity contribution is -0.129. The van der Waals surface area contributed by atoms with Crippen molar-refractivity contribution in [1.82, 2.24) is 24.6 Å². The van der Waals surface area contributed by atoms with Crippen molar-refractivity contribution in [3.63, 3.8) is 0 Å². The van der Waals surface area contributed by atoms with Crippen LogP contribution in [-0.4, -0.2) is 57.4 Å². The Balaban J connectivity index is 1.57. The summed E-state index contributed by atoms with van der Waals surface area (Å²) in [7, 11) is 3.61.